The maximum atomic E-state index is 13.8. The largest absolute Gasteiger partial charge is 0.497 e. The number of hydrogen-bond acceptors (Lipinski definition) is 17. The first-order valence-corrected chi connectivity index (χ1v) is 35.7. The Kier molecular flexibility index (Phi) is 31.0. The normalized spacial score (nSPS) is 17.4. The van der Waals surface area contributed by atoms with Gasteiger partial charge in [-0.1, -0.05) is 93.9 Å². The predicted octanol–water partition coefficient (Wildman–Crippen LogP) is 10.6. The first kappa shape index (κ1) is 76.2. The van der Waals surface area contributed by atoms with Crippen molar-refractivity contribution in [3.8, 4) is 17.6 Å². The van der Waals surface area contributed by atoms with Crippen LogP contribution in [0.4, 0.5) is 4.79 Å². The average Bonchev–Trinajstić information content (AvgIpc) is 1.76. The van der Waals surface area contributed by atoms with Gasteiger partial charge in [-0.15, -0.1) is 0 Å². The van der Waals surface area contributed by atoms with E-state index in [4.69, 9.17) is 42.2 Å². The summed E-state index contributed by atoms with van der Waals surface area (Å²) in [5, 5.41) is 18.5. The van der Waals surface area contributed by atoms with Gasteiger partial charge in [-0.3, -0.25) is 24.1 Å². The minimum atomic E-state index is -1.59. The number of methoxy groups -OCH3 is 2. The molecule has 4 aromatic rings. The van der Waals surface area contributed by atoms with Crippen molar-refractivity contribution in [1.29, 1.82) is 5.26 Å². The van der Waals surface area contributed by atoms with Gasteiger partial charge in [0, 0.05) is 79.9 Å². The number of thioether (sulfide) groups is 1. The first-order chi connectivity index (χ1) is 45.8. The van der Waals surface area contributed by atoms with Crippen molar-refractivity contribution >= 4 is 49.9 Å². The molecular weight excluding hydrogens is 1250 g/mol. The van der Waals surface area contributed by atoms with Gasteiger partial charge < -0.3 is 63.1 Å². The number of carbonyl (C=O) groups excluding carboxylic acids is 5. The van der Waals surface area contributed by atoms with Crippen molar-refractivity contribution in [2.75, 3.05) is 119 Å². The predicted molar refractivity (Wildman–Crippen MR) is 368 cm³/mol. The van der Waals surface area contributed by atoms with Crippen LogP contribution in [0, 0.1) is 16.7 Å². The third-order valence-corrected chi connectivity index (χ3v) is 20.9. The molecule has 0 radical (unpaired) electrons. The van der Waals surface area contributed by atoms with Crippen LogP contribution in [0.15, 0.2) is 103 Å². The van der Waals surface area contributed by atoms with Crippen LogP contribution in [-0.2, 0) is 58.1 Å². The Morgan fingerprint density at radius 2 is 1.24 bits per heavy atom. The molecule has 520 valence electrons. The van der Waals surface area contributed by atoms with Gasteiger partial charge in [-0.05, 0) is 130 Å². The van der Waals surface area contributed by atoms with Crippen LogP contribution < -0.4 is 25.4 Å². The second-order valence-electron chi connectivity index (χ2n) is 25.9. The summed E-state index contributed by atoms with van der Waals surface area (Å²) in [4.78, 5) is 68.6. The number of amides is 6. The van der Waals surface area contributed by atoms with Crippen molar-refractivity contribution in [2.24, 2.45) is 5.41 Å². The Morgan fingerprint density at radius 1 is 0.684 bits per heavy atom. The summed E-state index contributed by atoms with van der Waals surface area (Å²) in [6, 6.07) is 35.3. The number of urea groups is 1. The smallest absolute Gasteiger partial charge is 0.325 e. The van der Waals surface area contributed by atoms with Crippen LogP contribution in [-0.4, -0.2) is 192 Å². The molecule has 0 saturated carbocycles. The number of benzene rings is 4. The summed E-state index contributed by atoms with van der Waals surface area (Å²) in [5.41, 5.74) is 2.61. The van der Waals surface area contributed by atoms with Gasteiger partial charge in [-0.2, -0.15) is 17.0 Å². The van der Waals surface area contributed by atoms with Crippen molar-refractivity contribution in [3.05, 3.63) is 131 Å². The Bertz CT molecular complexity index is 2980. The van der Waals surface area contributed by atoms with E-state index in [1.54, 1.807) is 30.9 Å². The fourth-order valence-electron chi connectivity index (χ4n) is 12.1. The van der Waals surface area contributed by atoms with E-state index in [0.29, 0.717) is 121 Å². The molecule has 3 N–H and O–H groups in total. The standard InChI is InChI=1S/C72H102N7O14PS/c1-53(2)79(54(3)4)94(92-43-15-36-73)93-52-71(51-91-72(57-18-11-10-12-19-57,58-26-30-60(85-8)31-27-58)59-28-32-61(86-9)33-29-59)34-39-77(40-35-71)66(82)49-90-48-65(81)75-38-17-42-88-45-47-89-46-44-87-41-16-37-74-64(80)21-14-13-20-63-67-62(50-95-63)78(69(84)76-67)68(83)55-22-24-56(25-23-55)70(5,6)7/h10-12,18-19,22-33,53-54,62-63,67H,13-17,20-21,34-35,37-52H2,1-9H3,(H,74,80)(H,75,81)(H,76,84)/t62-,63-,67-,94?/m0/s1. The quantitative estimate of drug-likeness (QED) is 0.0162. The van der Waals surface area contributed by atoms with Gasteiger partial charge >= 0.3 is 6.03 Å². The van der Waals surface area contributed by atoms with Gasteiger partial charge in [0.15, 0.2) is 0 Å². The number of likely N-dealkylation sites (tertiary alicyclic amines) is 1. The lowest BCUT2D eigenvalue weighted by atomic mass is 9.77. The monoisotopic (exact) mass is 1350 g/mol. The summed E-state index contributed by atoms with van der Waals surface area (Å²) >= 11 is 1.79. The zero-order valence-corrected chi connectivity index (χ0v) is 59.0. The third-order valence-electron chi connectivity index (χ3n) is 17.4. The van der Waals surface area contributed by atoms with Crippen molar-refractivity contribution in [2.45, 2.75) is 147 Å². The molecule has 3 saturated heterocycles. The van der Waals surface area contributed by atoms with Gasteiger partial charge in [0.2, 0.25) is 17.7 Å². The highest BCUT2D eigenvalue weighted by atomic mass is 32.2. The molecule has 4 aromatic carbocycles. The van der Waals surface area contributed by atoms with Crippen molar-refractivity contribution in [1.82, 2.24) is 30.4 Å². The third kappa shape index (κ3) is 22.4. The van der Waals surface area contributed by atoms with Crippen molar-refractivity contribution in [3.63, 3.8) is 0 Å². The number of unbranched alkanes of at least 4 members (excludes halogenated alkanes) is 1. The lowest BCUT2D eigenvalue weighted by Gasteiger charge is -2.45. The molecule has 0 aliphatic carbocycles. The molecule has 0 bridgehead atoms. The lowest BCUT2D eigenvalue weighted by Crippen LogP contribution is -2.49. The van der Waals surface area contributed by atoms with E-state index in [0.717, 1.165) is 41.5 Å². The van der Waals surface area contributed by atoms with Gasteiger partial charge in [0.25, 0.3) is 14.4 Å². The number of carbonyl (C=O) groups is 5. The number of hydrogen-bond donors (Lipinski definition) is 3. The number of nitriles is 1. The van der Waals surface area contributed by atoms with Crippen molar-refractivity contribution < 1.29 is 66.2 Å². The Balaban J connectivity index is 0.756. The van der Waals surface area contributed by atoms with Crippen LogP contribution in [0.5, 0.6) is 11.5 Å². The number of nitrogens with zero attached hydrogens (tertiary/aromatic N) is 4. The lowest BCUT2D eigenvalue weighted by molar-refractivity contribution is -0.142. The highest BCUT2D eigenvalue weighted by Gasteiger charge is 2.51. The average molecular weight is 1350 g/mol. The van der Waals surface area contributed by atoms with E-state index in [2.05, 4.69) is 87.3 Å². The second-order valence-corrected chi connectivity index (χ2v) is 28.6. The van der Waals surface area contributed by atoms with E-state index in [-0.39, 0.29) is 104 Å². The minimum absolute atomic E-state index is 0.00533. The molecule has 0 spiro atoms. The minimum Gasteiger partial charge on any atom is -0.497 e. The second kappa shape index (κ2) is 38.7. The van der Waals surface area contributed by atoms with E-state index in [9.17, 15) is 29.2 Å². The van der Waals surface area contributed by atoms with Crippen LogP contribution >= 0.6 is 20.3 Å². The van der Waals surface area contributed by atoms with Gasteiger partial charge in [0.05, 0.1) is 85.0 Å². The van der Waals surface area contributed by atoms with E-state index >= 15 is 0 Å². The highest BCUT2D eigenvalue weighted by molar-refractivity contribution is 8.00. The Morgan fingerprint density at radius 3 is 1.80 bits per heavy atom. The molecule has 6 amide bonds. The van der Waals surface area contributed by atoms with Gasteiger partial charge in [0.1, 0.15) is 30.3 Å². The molecule has 7 rings (SSSR count). The number of nitrogens with one attached hydrogen (secondary N) is 3. The summed E-state index contributed by atoms with van der Waals surface area (Å²) in [6.45, 7) is 19.2. The molecule has 3 fully saturated rings. The summed E-state index contributed by atoms with van der Waals surface area (Å²) in [7, 11) is 1.69. The first-order valence-electron chi connectivity index (χ1n) is 33.5. The number of imide groups is 1. The highest BCUT2D eigenvalue weighted by Crippen LogP contribution is 2.50. The number of ether oxygens (including phenoxy) is 7. The maximum absolute atomic E-state index is 13.8. The zero-order valence-electron chi connectivity index (χ0n) is 57.2. The molecule has 3 aliphatic heterocycles. The molecular formula is C72H102N7O14PS. The molecule has 1 unspecified atom stereocenters. The summed E-state index contributed by atoms with van der Waals surface area (Å²) in [5.74, 6) is 1.32. The summed E-state index contributed by atoms with van der Waals surface area (Å²) < 4.78 is 56.9. The van der Waals surface area contributed by atoms with Crippen LogP contribution in [0.2, 0.25) is 0 Å². The fourth-order valence-corrected chi connectivity index (χ4v) is 15.4. The van der Waals surface area contributed by atoms with E-state index in [1.165, 1.54) is 4.90 Å². The topological polar surface area (TPSA) is 238 Å². The molecule has 0 aromatic heterocycles. The molecule has 23 heteroatoms. The van der Waals surface area contributed by atoms with Gasteiger partial charge in [-0.25, -0.2) is 9.46 Å². The number of piperidine rings is 1. The van der Waals surface area contributed by atoms with E-state index in [1.807, 2.05) is 91.0 Å². The zero-order chi connectivity index (χ0) is 68.2. The van der Waals surface area contributed by atoms with Crippen LogP contribution in [0.3, 0.4) is 0 Å². The molecule has 3 aliphatic rings. The number of rotatable bonds is 41. The van der Waals surface area contributed by atoms with Crippen LogP contribution in [0.25, 0.3) is 0 Å². The van der Waals surface area contributed by atoms with E-state index < -0.39 is 19.5 Å². The Hall–Kier alpha value is -6.22. The molecule has 3 heterocycles. The fraction of sp³-hybridized carbons (Fsp3) is 0.583. The summed E-state index contributed by atoms with van der Waals surface area (Å²) in [6.07, 6.45) is 5.44. The molecule has 21 nitrogen and oxygen atoms in total. The van der Waals surface area contributed by atoms with Crippen LogP contribution in [0.1, 0.15) is 139 Å². The maximum Gasteiger partial charge on any atom is 0.325 e. The Labute approximate surface area is 568 Å². The SMILES string of the molecule is COc1ccc(C(OCC2(COP(OCCC#N)N(C(C)C)C(C)C)CCN(C(=O)COCC(=O)NCCCOCCOCCOCCCNC(=O)CCCC[C@@H]3SC[C@H]4[C@@H]3NC(=O)N4C(=O)c3ccc(C(C)(C)C)cc3)CC2)(c2ccccc2)c2ccc(OC)cc2)cc1. The molecule has 4 atom stereocenters. The molecule has 95 heavy (non-hydrogen) atoms. The number of fused-ring (bicyclic) bond motifs is 1.